The molecule has 1 N–H and O–H groups in total. The van der Waals surface area contributed by atoms with Crippen molar-refractivity contribution >= 4 is 11.3 Å². The molecule has 0 amide bonds. The Kier molecular flexibility index (Phi) is 4.12. The molecule has 108 valence electrons. The van der Waals surface area contributed by atoms with Gasteiger partial charge in [0, 0.05) is 30.6 Å². The molecular formula is C14H21N5S. The quantitative estimate of drug-likeness (QED) is 0.941. The molecule has 3 rings (SSSR count). The van der Waals surface area contributed by atoms with Crippen LogP contribution in [0.1, 0.15) is 53.8 Å². The highest BCUT2D eigenvalue weighted by atomic mass is 32.1. The average Bonchev–Trinajstić information content (AvgIpc) is 2.96. The van der Waals surface area contributed by atoms with Gasteiger partial charge in [0.05, 0.1) is 11.0 Å². The highest BCUT2D eigenvalue weighted by Crippen LogP contribution is 2.19. The van der Waals surface area contributed by atoms with Gasteiger partial charge in [-0.1, -0.05) is 6.42 Å². The van der Waals surface area contributed by atoms with Crippen LogP contribution in [0.2, 0.25) is 0 Å². The van der Waals surface area contributed by atoms with Gasteiger partial charge in [-0.25, -0.2) is 4.98 Å². The molecule has 6 heteroatoms. The molecule has 0 saturated heterocycles. The average molecular weight is 291 g/mol. The second-order valence-electron chi connectivity index (χ2n) is 5.38. The predicted octanol–water partition coefficient (Wildman–Crippen LogP) is 2.62. The normalized spacial score (nSPS) is 16.7. The molecular weight excluding hydrogens is 270 g/mol. The summed E-state index contributed by atoms with van der Waals surface area (Å²) >= 11 is 1.74. The summed E-state index contributed by atoms with van der Waals surface area (Å²) in [6.07, 6.45) is 6.78. The Balaban J connectivity index is 1.68. The lowest BCUT2D eigenvalue weighted by atomic mass is 10.2. The molecule has 5 nitrogen and oxygen atoms in total. The van der Waals surface area contributed by atoms with E-state index >= 15 is 0 Å². The molecule has 0 aliphatic carbocycles. The number of fused-ring (bicyclic) bond motifs is 1. The lowest BCUT2D eigenvalue weighted by Gasteiger charge is -2.14. The van der Waals surface area contributed by atoms with Crippen LogP contribution in [0.3, 0.4) is 0 Å². The standard InChI is InChI=1S/C14H21N5S/c1-10(15-8-12-9-16-11(2)20-12)14-18-17-13-6-4-3-5-7-19(13)14/h9-10,15H,3-8H2,1-2H3. The maximum Gasteiger partial charge on any atom is 0.149 e. The maximum atomic E-state index is 4.40. The first kappa shape index (κ1) is 13.7. The van der Waals surface area contributed by atoms with Gasteiger partial charge in [0.2, 0.25) is 0 Å². The SMILES string of the molecule is Cc1ncc(CNC(C)c2nnc3n2CCCCC3)s1. The summed E-state index contributed by atoms with van der Waals surface area (Å²) in [5.74, 6) is 2.22. The summed E-state index contributed by atoms with van der Waals surface area (Å²) in [5.41, 5.74) is 0. The minimum atomic E-state index is 0.219. The van der Waals surface area contributed by atoms with Crippen LogP contribution in [0.4, 0.5) is 0 Å². The Morgan fingerprint density at radius 2 is 2.25 bits per heavy atom. The molecule has 2 aromatic rings. The fraction of sp³-hybridized carbons (Fsp3) is 0.643. The lowest BCUT2D eigenvalue weighted by Crippen LogP contribution is -2.22. The van der Waals surface area contributed by atoms with Crippen LogP contribution in [0, 0.1) is 6.92 Å². The van der Waals surface area contributed by atoms with Gasteiger partial charge in [-0.2, -0.15) is 0 Å². The minimum Gasteiger partial charge on any atom is -0.314 e. The topological polar surface area (TPSA) is 55.6 Å². The van der Waals surface area contributed by atoms with E-state index < -0.39 is 0 Å². The second kappa shape index (κ2) is 6.01. The molecule has 0 radical (unpaired) electrons. The zero-order valence-electron chi connectivity index (χ0n) is 12.1. The molecule has 0 aromatic carbocycles. The molecule has 20 heavy (non-hydrogen) atoms. The molecule has 0 fully saturated rings. The number of nitrogens with one attached hydrogen (secondary N) is 1. The first-order chi connectivity index (χ1) is 9.74. The Bertz CT molecular complexity index is 574. The zero-order valence-corrected chi connectivity index (χ0v) is 12.9. The van der Waals surface area contributed by atoms with E-state index in [0.29, 0.717) is 0 Å². The molecule has 1 aliphatic heterocycles. The monoisotopic (exact) mass is 291 g/mol. The van der Waals surface area contributed by atoms with Crippen molar-refractivity contribution in [2.45, 2.75) is 58.7 Å². The second-order valence-corrected chi connectivity index (χ2v) is 6.70. The maximum absolute atomic E-state index is 4.40. The van der Waals surface area contributed by atoms with E-state index in [1.165, 1.54) is 24.1 Å². The van der Waals surface area contributed by atoms with Gasteiger partial charge in [0.15, 0.2) is 0 Å². The van der Waals surface area contributed by atoms with Gasteiger partial charge in [-0.15, -0.1) is 21.5 Å². The van der Waals surface area contributed by atoms with Crippen molar-refractivity contribution in [1.29, 1.82) is 0 Å². The van der Waals surface area contributed by atoms with Crippen LogP contribution in [0.5, 0.6) is 0 Å². The molecule has 1 atom stereocenters. The molecule has 2 aromatic heterocycles. The Morgan fingerprint density at radius 1 is 1.35 bits per heavy atom. The highest BCUT2D eigenvalue weighted by molar-refractivity contribution is 7.11. The number of aryl methyl sites for hydroxylation is 2. The van der Waals surface area contributed by atoms with Crippen molar-refractivity contribution < 1.29 is 0 Å². The van der Waals surface area contributed by atoms with Crippen LogP contribution < -0.4 is 5.32 Å². The number of rotatable bonds is 4. The van der Waals surface area contributed by atoms with Crippen molar-refractivity contribution in [2.24, 2.45) is 0 Å². The first-order valence-corrected chi connectivity index (χ1v) is 8.12. The Hall–Kier alpha value is -1.27. The third-order valence-electron chi connectivity index (χ3n) is 3.78. The van der Waals surface area contributed by atoms with Gasteiger partial charge >= 0.3 is 0 Å². The van der Waals surface area contributed by atoms with Crippen LogP contribution in [0.25, 0.3) is 0 Å². The minimum absolute atomic E-state index is 0.219. The number of hydrogen-bond donors (Lipinski definition) is 1. The predicted molar refractivity (Wildman–Crippen MR) is 79.7 cm³/mol. The number of aromatic nitrogens is 4. The van der Waals surface area contributed by atoms with Crippen LogP contribution in [-0.4, -0.2) is 19.7 Å². The summed E-state index contributed by atoms with van der Waals surface area (Å²) in [6, 6.07) is 0.219. The Labute approximate surface area is 123 Å². The molecule has 0 spiro atoms. The van der Waals surface area contributed by atoms with Crippen molar-refractivity contribution in [3.63, 3.8) is 0 Å². The van der Waals surface area contributed by atoms with Crippen molar-refractivity contribution in [3.05, 3.63) is 27.7 Å². The van der Waals surface area contributed by atoms with E-state index in [1.54, 1.807) is 11.3 Å². The summed E-state index contributed by atoms with van der Waals surface area (Å²) in [4.78, 5) is 5.55. The zero-order chi connectivity index (χ0) is 13.9. The van der Waals surface area contributed by atoms with Crippen molar-refractivity contribution in [2.75, 3.05) is 0 Å². The molecule has 3 heterocycles. The largest absolute Gasteiger partial charge is 0.314 e. The third kappa shape index (κ3) is 2.91. The van der Waals surface area contributed by atoms with Gasteiger partial charge < -0.3 is 9.88 Å². The molecule has 0 bridgehead atoms. The van der Waals surface area contributed by atoms with Crippen LogP contribution in [0.15, 0.2) is 6.20 Å². The van der Waals surface area contributed by atoms with E-state index in [-0.39, 0.29) is 6.04 Å². The van der Waals surface area contributed by atoms with Crippen molar-refractivity contribution in [1.82, 2.24) is 25.1 Å². The number of thiazole rings is 1. The fourth-order valence-corrected chi connectivity index (χ4v) is 3.41. The van der Waals surface area contributed by atoms with Gasteiger partial charge in [-0.05, 0) is 26.7 Å². The first-order valence-electron chi connectivity index (χ1n) is 7.30. The summed E-state index contributed by atoms with van der Waals surface area (Å²) in [7, 11) is 0. The fourth-order valence-electron chi connectivity index (χ4n) is 2.66. The highest BCUT2D eigenvalue weighted by Gasteiger charge is 2.18. The van der Waals surface area contributed by atoms with E-state index in [1.807, 2.05) is 13.1 Å². The summed E-state index contributed by atoms with van der Waals surface area (Å²) in [5, 5.41) is 13.4. The van der Waals surface area contributed by atoms with E-state index in [2.05, 4.69) is 32.0 Å². The summed E-state index contributed by atoms with van der Waals surface area (Å²) < 4.78 is 2.31. The van der Waals surface area contributed by atoms with Crippen LogP contribution >= 0.6 is 11.3 Å². The smallest absolute Gasteiger partial charge is 0.149 e. The van der Waals surface area contributed by atoms with E-state index in [4.69, 9.17) is 0 Å². The van der Waals surface area contributed by atoms with Gasteiger partial charge in [0.1, 0.15) is 11.6 Å². The number of hydrogen-bond acceptors (Lipinski definition) is 5. The Morgan fingerprint density at radius 3 is 3.05 bits per heavy atom. The van der Waals surface area contributed by atoms with Crippen molar-refractivity contribution in [3.8, 4) is 0 Å². The third-order valence-corrected chi connectivity index (χ3v) is 4.69. The van der Waals surface area contributed by atoms with E-state index in [0.717, 1.165) is 36.2 Å². The molecule has 1 unspecified atom stereocenters. The number of nitrogens with zero attached hydrogens (tertiary/aromatic N) is 4. The molecule has 0 saturated carbocycles. The summed E-state index contributed by atoms with van der Waals surface area (Å²) in [6.45, 7) is 6.10. The van der Waals surface area contributed by atoms with Crippen LogP contribution in [-0.2, 0) is 19.5 Å². The van der Waals surface area contributed by atoms with E-state index in [9.17, 15) is 0 Å². The van der Waals surface area contributed by atoms with Gasteiger partial charge in [-0.3, -0.25) is 0 Å². The van der Waals surface area contributed by atoms with Gasteiger partial charge in [0.25, 0.3) is 0 Å². The molecule has 1 aliphatic rings. The lowest BCUT2D eigenvalue weighted by molar-refractivity contribution is 0.504.